The highest BCUT2D eigenvalue weighted by Gasteiger charge is 2.40. The van der Waals surface area contributed by atoms with Crippen LogP contribution in [0.15, 0.2) is 72.8 Å². The van der Waals surface area contributed by atoms with Crippen molar-refractivity contribution >= 4 is 11.8 Å². The molecule has 0 saturated carbocycles. The minimum absolute atomic E-state index is 0.108. The van der Waals surface area contributed by atoms with E-state index in [0.29, 0.717) is 30.9 Å². The predicted molar refractivity (Wildman–Crippen MR) is 125 cm³/mol. The maximum absolute atomic E-state index is 13.2. The lowest BCUT2D eigenvalue weighted by atomic mass is 9.88. The van der Waals surface area contributed by atoms with Crippen LogP contribution in [0.4, 0.5) is 4.39 Å². The molecule has 0 radical (unpaired) electrons. The minimum Gasteiger partial charge on any atom is -0.497 e. The Bertz CT molecular complexity index is 1110. The molecule has 1 aliphatic rings. The lowest BCUT2D eigenvalue weighted by molar-refractivity contribution is -0.125. The molecule has 3 aromatic carbocycles. The number of nitrogens with zero attached hydrogens (tertiary/aromatic N) is 1. The molecule has 33 heavy (non-hydrogen) atoms. The number of amides is 2. The van der Waals surface area contributed by atoms with Crippen LogP contribution >= 0.6 is 0 Å². The standard InChI is InChI=1S/C27H27FN2O3/c1-18-3-7-20(8-4-18)24-16-30(27(32)21-9-13-23(33-2)14-10-21)17-25(24)26(31)29-15-19-5-11-22(28)12-6-19/h3-14,24-25H,15-17H2,1-2H3,(H,29,31)/t24-,25+/m0/s1. The van der Waals surface area contributed by atoms with Gasteiger partial charge in [-0.05, 0) is 54.4 Å². The summed E-state index contributed by atoms with van der Waals surface area (Å²) in [7, 11) is 1.58. The third kappa shape index (κ3) is 5.22. The molecule has 0 aliphatic carbocycles. The summed E-state index contributed by atoms with van der Waals surface area (Å²) in [5.74, 6) is -0.341. The first-order valence-electron chi connectivity index (χ1n) is 11.0. The SMILES string of the molecule is COc1ccc(C(=O)N2C[C@@H](C(=O)NCc3ccc(F)cc3)[C@H](c3ccc(C)cc3)C2)cc1. The van der Waals surface area contributed by atoms with Crippen LogP contribution in [0.2, 0.25) is 0 Å². The Hall–Kier alpha value is -3.67. The number of benzene rings is 3. The zero-order chi connectivity index (χ0) is 23.4. The second-order valence-electron chi connectivity index (χ2n) is 8.41. The molecular formula is C27H27FN2O3. The molecule has 4 rings (SSSR count). The van der Waals surface area contributed by atoms with Gasteiger partial charge in [-0.2, -0.15) is 0 Å². The Morgan fingerprint density at radius 2 is 1.64 bits per heavy atom. The Kier molecular flexibility index (Phi) is 6.73. The van der Waals surface area contributed by atoms with E-state index in [4.69, 9.17) is 4.74 Å². The predicted octanol–water partition coefficient (Wildman–Crippen LogP) is 4.31. The van der Waals surface area contributed by atoms with Crippen molar-refractivity contribution < 1.29 is 18.7 Å². The average Bonchev–Trinajstić information content (AvgIpc) is 3.29. The molecule has 0 aromatic heterocycles. The number of ether oxygens (including phenoxy) is 1. The van der Waals surface area contributed by atoms with Crippen LogP contribution < -0.4 is 10.1 Å². The maximum Gasteiger partial charge on any atom is 0.253 e. The van der Waals surface area contributed by atoms with Gasteiger partial charge in [0.25, 0.3) is 5.91 Å². The molecule has 6 heteroatoms. The summed E-state index contributed by atoms with van der Waals surface area (Å²) >= 11 is 0. The first-order chi connectivity index (χ1) is 15.9. The molecule has 0 unspecified atom stereocenters. The van der Waals surface area contributed by atoms with Crippen LogP contribution in [0, 0.1) is 18.7 Å². The van der Waals surface area contributed by atoms with Gasteiger partial charge >= 0.3 is 0 Å². The van der Waals surface area contributed by atoms with E-state index in [-0.39, 0.29) is 29.5 Å². The van der Waals surface area contributed by atoms with Crippen LogP contribution in [0.1, 0.15) is 33.0 Å². The molecule has 2 amide bonds. The molecule has 5 nitrogen and oxygen atoms in total. The molecule has 1 heterocycles. The van der Waals surface area contributed by atoms with Gasteiger partial charge in [0.1, 0.15) is 11.6 Å². The molecule has 3 aromatic rings. The van der Waals surface area contributed by atoms with E-state index in [9.17, 15) is 14.0 Å². The molecule has 2 atom stereocenters. The van der Waals surface area contributed by atoms with Gasteiger partial charge in [0.2, 0.25) is 5.91 Å². The maximum atomic E-state index is 13.2. The number of rotatable bonds is 6. The molecule has 0 bridgehead atoms. The fraction of sp³-hybridized carbons (Fsp3) is 0.259. The summed E-state index contributed by atoms with van der Waals surface area (Å²) in [4.78, 5) is 28.1. The second kappa shape index (κ2) is 9.86. The van der Waals surface area contributed by atoms with E-state index in [2.05, 4.69) is 5.32 Å². The van der Waals surface area contributed by atoms with Crippen LogP contribution in [0.25, 0.3) is 0 Å². The zero-order valence-corrected chi connectivity index (χ0v) is 18.8. The minimum atomic E-state index is -0.379. The quantitative estimate of drug-likeness (QED) is 0.614. The first-order valence-corrected chi connectivity index (χ1v) is 11.0. The van der Waals surface area contributed by atoms with E-state index >= 15 is 0 Å². The van der Waals surface area contributed by atoms with Crippen molar-refractivity contribution in [2.75, 3.05) is 20.2 Å². The summed E-state index contributed by atoms with van der Waals surface area (Å²) in [6.07, 6.45) is 0. The van der Waals surface area contributed by atoms with Gasteiger partial charge in [-0.25, -0.2) is 4.39 Å². The highest BCUT2D eigenvalue weighted by Crippen LogP contribution is 2.34. The fourth-order valence-electron chi connectivity index (χ4n) is 4.23. The zero-order valence-electron chi connectivity index (χ0n) is 18.8. The number of likely N-dealkylation sites (tertiary alicyclic amines) is 1. The summed E-state index contributed by atoms with van der Waals surface area (Å²) in [6, 6.07) is 21.2. The van der Waals surface area contributed by atoms with E-state index < -0.39 is 0 Å². The summed E-state index contributed by atoms with van der Waals surface area (Å²) in [5.41, 5.74) is 3.56. The summed E-state index contributed by atoms with van der Waals surface area (Å²) < 4.78 is 18.3. The van der Waals surface area contributed by atoms with Gasteiger partial charge in [-0.15, -0.1) is 0 Å². The number of methoxy groups -OCH3 is 1. The Balaban J connectivity index is 1.52. The Morgan fingerprint density at radius 1 is 0.970 bits per heavy atom. The lowest BCUT2D eigenvalue weighted by Crippen LogP contribution is -2.35. The molecular weight excluding hydrogens is 419 g/mol. The van der Waals surface area contributed by atoms with Crippen LogP contribution in [-0.4, -0.2) is 36.9 Å². The Morgan fingerprint density at radius 3 is 2.27 bits per heavy atom. The summed E-state index contributed by atoms with van der Waals surface area (Å²) in [5, 5.41) is 2.97. The van der Waals surface area contributed by atoms with Gasteiger partial charge < -0.3 is 15.0 Å². The van der Waals surface area contributed by atoms with Crippen molar-refractivity contribution in [1.29, 1.82) is 0 Å². The number of nitrogens with one attached hydrogen (secondary N) is 1. The average molecular weight is 447 g/mol. The normalized spacial score (nSPS) is 17.6. The topological polar surface area (TPSA) is 58.6 Å². The van der Waals surface area contributed by atoms with Gasteiger partial charge in [-0.3, -0.25) is 9.59 Å². The van der Waals surface area contributed by atoms with E-state index in [0.717, 1.165) is 16.7 Å². The molecule has 170 valence electrons. The van der Waals surface area contributed by atoms with Crippen molar-refractivity contribution in [2.45, 2.75) is 19.4 Å². The van der Waals surface area contributed by atoms with Crippen LogP contribution in [0.5, 0.6) is 5.75 Å². The van der Waals surface area contributed by atoms with Crippen molar-refractivity contribution in [1.82, 2.24) is 10.2 Å². The number of carbonyl (C=O) groups excluding carboxylic acids is 2. The number of hydrogen-bond acceptors (Lipinski definition) is 3. The van der Waals surface area contributed by atoms with Gasteiger partial charge in [0, 0.05) is 31.1 Å². The van der Waals surface area contributed by atoms with Gasteiger partial charge in [0.05, 0.1) is 13.0 Å². The van der Waals surface area contributed by atoms with E-state index in [1.165, 1.54) is 12.1 Å². The number of carbonyl (C=O) groups is 2. The van der Waals surface area contributed by atoms with Crippen LogP contribution in [-0.2, 0) is 11.3 Å². The highest BCUT2D eigenvalue weighted by atomic mass is 19.1. The largest absolute Gasteiger partial charge is 0.497 e. The van der Waals surface area contributed by atoms with E-state index in [1.807, 2.05) is 31.2 Å². The number of hydrogen-bond donors (Lipinski definition) is 1. The third-order valence-corrected chi connectivity index (χ3v) is 6.17. The van der Waals surface area contributed by atoms with Crippen molar-refractivity contribution in [2.24, 2.45) is 5.92 Å². The number of halogens is 1. The fourth-order valence-corrected chi connectivity index (χ4v) is 4.23. The lowest BCUT2D eigenvalue weighted by Gasteiger charge is -2.18. The first kappa shape index (κ1) is 22.5. The molecule has 0 spiro atoms. The van der Waals surface area contributed by atoms with Crippen molar-refractivity contribution in [3.8, 4) is 5.75 Å². The highest BCUT2D eigenvalue weighted by molar-refractivity contribution is 5.95. The molecule has 1 N–H and O–H groups in total. The monoisotopic (exact) mass is 446 g/mol. The second-order valence-corrected chi connectivity index (χ2v) is 8.41. The van der Waals surface area contributed by atoms with Gasteiger partial charge in [-0.1, -0.05) is 42.0 Å². The molecule has 1 aliphatic heterocycles. The molecule has 1 fully saturated rings. The smallest absolute Gasteiger partial charge is 0.253 e. The third-order valence-electron chi connectivity index (χ3n) is 6.17. The van der Waals surface area contributed by atoms with Gasteiger partial charge in [0.15, 0.2) is 0 Å². The van der Waals surface area contributed by atoms with Crippen molar-refractivity contribution in [3.05, 3.63) is 101 Å². The number of aryl methyl sites for hydroxylation is 1. The van der Waals surface area contributed by atoms with Crippen molar-refractivity contribution in [3.63, 3.8) is 0 Å². The van der Waals surface area contributed by atoms with E-state index in [1.54, 1.807) is 48.4 Å². The van der Waals surface area contributed by atoms with Crippen LogP contribution in [0.3, 0.4) is 0 Å². The summed E-state index contributed by atoms with van der Waals surface area (Å²) in [6.45, 7) is 3.12. The molecule has 1 saturated heterocycles. The Labute approximate surface area is 193 Å².